The van der Waals surface area contributed by atoms with Crippen LogP contribution in [0.2, 0.25) is 0 Å². The Morgan fingerprint density at radius 1 is 0.979 bits per heavy atom. The van der Waals surface area contributed by atoms with Gasteiger partial charge in [-0.2, -0.15) is 0 Å². The zero-order valence-corrected chi connectivity index (χ0v) is 27.6. The summed E-state index contributed by atoms with van der Waals surface area (Å²) in [4.78, 5) is 35.8. The van der Waals surface area contributed by atoms with Gasteiger partial charge in [0.2, 0.25) is 5.91 Å². The lowest BCUT2D eigenvalue weighted by molar-refractivity contribution is -0.128. The normalized spacial score (nSPS) is 24.5. The lowest BCUT2D eigenvalue weighted by atomic mass is 9.73. The van der Waals surface area contributed by atoms with Gasteiger partial charge in [-0.05, 0) is 95.4 Å². The monoisotopic (exact) mass is 650 g/mol. The standard InChI is InChI=1S/C37H43FN8O2/c1-2-43-23-40-32-19-31(42-35(34(32)43)41-30-8-11-39-20-29(30)38)24-6-7-28-33(16-24)46(26-17-25(18-26)44-12-4-3-5-13-44)36(47)37(28)9-14-45(15-10-37)27-21-48-22-27/h6-8,11,16,19-20,23,25-27H,2-5,9-10,12-15,17-18,21-22H2,1H3,(H,39,41,42). The number of nitrogens with one attached hydrogen (secondary N) is 1. The first-order valence-electron chi connectivity index (χ1n) is 17.8. The summed E-state index contributed by atoms with van der Waals surface area (Å²) in [6, 6.07) is 11.4. The molecular weight excluding hydrogens is 607 g/mol. The highest BCUT2D eigenvalue weighted by Gasteiger charge is 2.56. The lowest BCUT2D eigenvalue weighted by Crippen LogP contribution is -2.59. The number of halogens is 1. The maximum Gasteiger partial charge on any atom is 0.238 e. The van der Waals surface area contributed by atoms with E-state index < -0.39 is 11.2 Å². The molecule has 0 atom stereocenters. The van der Waals surface area contributed by atoms with Crippen molar-refractivity contribution in [3.63, 3.8) is 0 Å². The molecule has 1 aromatic carbocycles. The number of imidazole rings is 1. The molecule has 1 aliphatic carbocycles. The van der Waals surface area contributed by atoms with Gasteiger partial charge in [-0.3, -0.25) is 14.7 Å². The number of piperidine rings is 2. The van der Waals surface area contributed by atoms with Crippen molar-refractivity contribution in [1.29, 1.82) is 0 Å². The number of nitrogens with zero attached hydrogens (tertiary/aromatic N) is 7. The van der Waals surface area contributed by atoms with E-state index in [0.29, 0.717) is 30.1 Å². The molecule has 0 unspecified atom stereocenters. The number of pyridine rings is 2. The van der Waals surface area contributed by atoms with E-state index >= 15 is 0 Å². The van der Waals surface area contributed by atoms with Crippen molar-refractivity contribution in [3.8, 4) is 11.3 Å². The fourth-order valence-corrected chi connectivity index (χ4v) is 8.83. The number of benzene rings is 1. The predicted molar refractivity (Wildman–Crippen MR) is 183 cm³/mol. The van der Waals surface area contributed by atoms with Crippen LogP contribution < -0.4 is 10.2 Å². The molecular formula is C37H43FN8O2. The van der Waals surface area contributed by atoms with Gasteiger partial charge in [-0.15, -0.1) is 0 Å². The molecule has 3 saturated heterocycles. The predicted octanol–water partition coefficient (Wildman–Crippen LogP) is 5.49. The number of hydrogen-bond donors (Lipinski definition) is 1. The molecule has 4 fully saturated rings. The van der Waals surface area contributed by atoms with Crippen molar-refractivity contribution in [1.82, 2.24) is 29.3 Å². The summed E-state index contributed by atoms with van der Waals surface area (Å²) in [5.74, 6) is 0.367. The number of likely N-dealkylation sites (tertiary alicyclic amines) is 2. The molecule has 1 saturated carbocycles. The third kappa shape index (κ3) is 4.84. The van der Waals surface area contributed by atoms with E-state index in [9.17, 15) is 9.18 Å². The number of anilines is 3. The van der Waals surface area contributed by atoms with E-state index in [2.05, 4.69) is 50.1 Å². The Labute approximate surface area is 280 Å². The molecule has 4 aliphatic heterocycles. The molecule has 11 heteroatoms. The van der Waals surface area contributed by atoms with E-state index in [4.69, 9.17) is 14.7 Å². The highest BCUT2D eigenvalue weighted by atomic mass is 19.1. The van der Waals surface area contributed by atoms with Gasteiger partial charge < -0.3 is 24.4 Å². The zero-order chi connectivity index (χ0) is 32.4. The third-order valence-electron chi connectivity index (χ3n) is 11.8. The zero-order valence-electron chi connectivity index (χ0n) is 27.6. The molecule has 5 aliphatic rings. The topological polar surface area (TPSA) is 91.7 Å². The van der Waals surface area contributed by atoms with E-state index in [-0.39, 0.29) is 11.9 Å². The minimum absolute atomic E-state index is 0.207. The molecule has 4 aromatic rings. The summed E-state index contributed by atoms with van der Waals surface area (Å²) in [7, 11) is 0. The van der Waals surface area contributed by atoms with Gasteiger partial charge in [0, 0.05) is 36.1 Å². The summed E-state index contributed by atoms with van der Waals surface area (Å²) < 4.78 is 22.2. The van der Waals surface area contributed by atoms with Crippen LogP contribution in [-0.2, 0) is 21.5 Å². The van der Waals surface area contributed by atoms with E-state index in [0.717, 1.165) is 85.5 Å². The summed E-state index contributed by atoms with van der Waals surface area (Å²) >= 11 is 0. The van der Waals surface area contributed by atoms with Gasteiger partial charge in [0.05, 0.1) is 54.1 Å². The van der Waals surface area contributed by atoms with Crippen LogP contribution in [0.5, 0.6) is 0 Å². The van der Waals surface area contributed by atoms with Crippen molar-refractivity contribution in [2.75, 3.05) is 49.6 Å². The Morgan fingerprint density at radius 2 is 1.77 bits per heavy atom. The third-order valence-corrected chi connectivity index (χ3v) is 11.8. The van der Waals surface area contributed by atoms with E-state index in [1.54, 1.807) is 18.6 Å². The number of aromatic nitrogens is 4. The molecule has 1 N–H and O–H groups in total. The molecule has 1 spiro atoms. The second-order valence-electron chi connectivity index (χ2n) is 14.3. The molecule has 0 bridgehead atoms. The number of amides is 1. The quantitative estimate of drug-likeness (QED) is 0.281. The first-order valence-corrected chi connectivity index (χ1v) is 17.8. The van der Waals surface area contributed by atoms with Crippen LogP contribution >= 0.6 is 0 Å². The molecule has 0 radical (unpaired) electrons. The summed E-state index contributed by atoms with van der Waals surface area (Å²) in [6.45, 7) is 8.53. The number of hydrogen-bond acceptors (Lipinski definition) is 8. The maximum absolute atomic E-state index is 14.8. The number of carbonyl (C=O) groups excluding carboxylic acids is 1. The Balaban J connectivity index is 1.09. The second kappa shape index (κ2) is 11.9. The van der Waals surface area contributed by atoms with Gasteiger partial charge in [0.15, 0.2) is 11.6 Å². The van der Waals surface area contributed by atoms with E-state index in [1.165, 1.54) is 38.5 Å². The van der Waals surface area contributed by atoms with Crippen LogP contribution in [-0.4, -0.2) is 92.7 Å². The number of carbonyl (C=O) groups is 1. The molecule has 9 rings (SSSR count). The number of rotatable bonds is 7. The van der Waals surface area contributed by atoms with Crippen LogP contribution in [0, 0.1) is 5.82 Å². The fourth-order valence-electron chi connectivity index (χ4n) is 8.83. The van der Waals surface area contributed by atoms with Crippen LogP contribution in [0.3, 0.4) is 0 Å². The highest BCUT2D eigenvalue weighted by molar-refractivity contribution is 6.09. The van der Waals surface area contributed by atoms with Crippen molar-refractivity contribution < 1.29 is 13.9 Å². The molecule has 1 amide bonds. The number of aryl methyl sites for hydroxylation is 1. The largest absolute Gasteiger partial charge is 0.378 e. The SMILES string of the molecule is CCn1cnc2cc(-c3ccc4c(c3)N(C3CC(N5CCCCC5)C3)C(=O)C43CCN(C4COC4)CC3)nc(Nc3ccncc3F)c21. The van der Waals surface area contributed by atoms with Crippen LogP contribution in [0.25, 0.3) is 22.3 Å². The summed E-state index contributed by atoms with van der Waals surface area (Å²) in [6.07, 6.45) is 12.2. The Kier molecular flexibility index (Phi) is 7.47. The summed E-state index contributed by atoms with van der Waals surface area (Å²) in [5.41, 5.74) is 5.26. The van der Waals surface area contributed by atoms with Gasteiger partial charge >= 0.3 is 0 Å². The Hall–Kier alpha value is -3.93. The molecule has 7 heterocycles. The molecule has 48 heavy (non-hydrogen) atoms. The Morgan fingerprint density at radius 3 is 2.50 bits per heavy atom. The van der Waals surface area contributed by atoms with Crippen molar-refractivity contribution in [3.05, 3.63) is 60.4 Å². The fraction of sp³-hybridized carbons (Fsp3) is 0.514. The van der Waals surface area contributed by atoms with Crippen LogP contribution in [0.1, 0.15) is 57.4 Å². The lowest BCUT2D eigenvalue weighted by Gasteiger charge is -2.48. The second-order valence-corrected chi connectivity index (χ2v) is 14.3. The van der Waals surface area contributed by atoms with Crippen molar-refractivity contribution in [2.45, 2.75) is 82.0 Å². The average Bonchev–Trinajstić information content (AvgIpc) is 3.59. The maximum atomic E-state index is 14.8. The number of fused-ring (bicyclic) bond motifs is 3. The van der Waals surface area contributed by atoms with Gasteiger partial charge in [0.25, 0.3) is 0 Å². The average molecular weight is 651 g/mol. The van der Waals surface area contributed by atoms with Gasteiger partial charge in [-0.1, -0.05) is 18.6 Å². The first kappa shape index (κ1) is 30.2. The van der Waals surface area contributed by atoms with Gasteiger partial charge in [-0.25, -0.2) is 14.4 Å². The smallest absolute Gasteiger partial charge is 0.238 e. The highest BCUT2D eigenvalue weighted by Crippen LogP contribution is 2.52. The van der Waals surface area contributed by atoms with Crippen LogP contribution in [0.15, 0.2) is 49.1 Å². The van der Waals surface area contributed by atoms with Crippen LogP contribution in [0.4, 0.5) is 21.6 Å². The van der Waals surface area contributed by atoms with Crippen molar-refractivity contribution in [2.24, 2.45) is 0 Å². The minimum Gasteiger partial charge on any atom is -0.378 e. The molecule has 250 valence electrons. The molecule has 10 nitrogen and oxygen atoms in total. The van der Waals surface area contributed by atoms with Crippen molar-refractivity contribution >= 4 is 34.1 Å². The Bertz CT molecular complexity index is 1850. The minimum atomic E-state index is -0.492. The molecule has 3 aromatic heterocycles. The summed E-state index contributed by atoms with van der Waals surface area (Å²) in [5, 5.41) is 3.23. The first-order chi connectivity index (χ1) is 23.5. The number of ether oxygens (including phenoxy) is 1. The van der Waals surface area contributed by atoms with E-state index in [1.807, 2.05) is 10.6 Å². The van der Waals surface area contributed by atoms with Gasteiger partial charge in [0.1, 0.15) is 5.52 Å².